The first kappa shape index (κ1) is 23.3. The maximum atomic E-state index is 12.7. The summed E-state index contributed by atoms with van der Waals surface area (Å²) in [6.07, 6.45) is 0. The monoisotopic (exact) mass is 408 g/mol. The van der Waals surface area contributed by atoms with Crippen LogP contribution in [0.4, 0.5) is 5.69 Å². The second kappa shape index (κ2) is 10.5. The molecule has 0 radical (unpaired) electrons. The summed E-state index contributed by atoms with van der Waals surface area (Å²) >= 11 is 0. The molecule has 0 aromatic heterocycles. The first-order valence-corrected chi connectivity index (χ1v) is 8.38. The highest BCUT2D eigenvalue weighted by Crippen LogP contribution is 2.34. The number of nitrogens with two attached hydrogens (primary N) is 1. The van der Waals surface area contributed by atoms with E-state index in [2.05, 4.69) is 5.32 Å². The van der Waals surface area contributed by atoms with Gasteiger partial charge in [-0.2, -0.15) is 0 Å². The molecule has 2 unspecified atom stereocenters. The third-order valence-electron chi connectivity index (χ3n) is 4.32. The number of halogens is 1. The molecule has 0 aliphatic carbocycles. The Bertz CT molecular complexity index is 814. The molecule has 2 aromatic carbocycles. The average molecular weight is 409 g/mol. The first-order chi connectivity index (χ1) is 12.9. The lowest BCUT2D eigenvalue weighted by Crippen LogP contribution is -2.31. The van der Waals surface area contributed by atoms with E-state index in [0.717, 1.165) is 5.56 Å². The number of carbonyl (C=O) groups excluding carboxylic acids is 2. The minimum atomic E-state index is -0.605. The Kier molecular flexibility index (Phi) is 8.76. The highest BCUT2D eigenvalue weighted by molar-refractivity contribution is 6.02. The van der Waals surface area contributed by atoms with Crippen molar-refractivity contribution >= 4 is 30.0 Å². The van der Waals surface area contributed by atoms with Crippen LogP contribution >= 0.6 is 12.4 Å². The third kappa shape index (κ3) is 5.15. The maximum Gasteiger partial charge on any atom is 0.340 e. The number of amides is 1. The zero-order valence-corrected chi connectivity index (χ0v) is 17.0. The molecule has 0 bridgehead atoms. The van der Waals surface area contributed by atoms with Crippen LogP contribution in [0.25, 0.3) is 0 Å². The summed E-state index contributed by atoms with van der Waals surface area (Å²) in [7, 11) is 4.19. The normalized spacial score (nSPS) is 12.2. The largest absolute Gasteiger partial charge is 0.493 e. The van der Waals surface area contributed by atoms with Gasteiger partial charge in [-0.15, -0.1) is 12.4 Å². The van der Waals surface area contributed by atoms with Gasteiger partial charge in [-0.3, -0.25) is 4.79 Å². The smallest absolute Gasteiger partial charge is 0.340 e. The van der Waals surface area contributed by atoms with Crippen LogP contribution in [0.1, 0.15) is 28.9 Å². The molecule has 8 heteroatoms. The lowest BCUT2D eigenvalue weighted by molar-refractivity contribution is -0.120. The number of methoxy groups -OCH3 is 3. The van der Waals surface area contributed by atoms with Gasteiger partial charge in [-0.25, -0.2) is 4.79 Å². The van der Waals surface area contributed by atoms with E-state index in [9.17, 15) is 9.59 Å². The molecule has 0 heterocycles. The predicted molar refractivity (Wildman–Crippen MR) is 109 cm³/mol. The average Bonchev–Trinajstić information content (AvgIpc) is 2.72. The summed E-state index contributed by atoms with van der Waals surface area (Å²) < 4.78 is 15.3. The van der Waals surface area contributed by atoms with Crippen molar-refractivity contribution in [3.05, 3.63) is 53.6 Å². The number of esters is 1. The summed E-state index contributed by atoms with van der Waals surface area (Å²) in [5.41, 5.74) is 7.49. The van der Waals surface area contributed by atoms with Crippen molar-refractivity contribution in [2.45, 2.75) is 13.0 Å². The number of benzene rings is 2. The number of rotatable bonds is 7. The lowest BCUT2D eigenvalue weighted by atomic mass is 9.94. The Hall–Kier alpha value is -2.77. The van der Waals surface area contributed by atoms with E-state index in [0.29, 0.717) is 11.5 Å². The van der Waals surface area contributed by atoms with Gasteiger partial charge < -0.3 is 25.3 Å². The zero-order chi connectivity index (χ0) is 20.0. The maximum absolute atomic E-state index is 12.7. The molecule has 3 N–H and O–H groups in total. The minimum Gasteiger partial charge on any atom is -0.493 e. The molecule has 0 fully saturated rings. The summed E-state index contributed by atoms with van der Waals surface area (Å²) in [5, 5.41) is 2.75. The van der Waals surface area contributed by atoms with Gasteiger partial charge in [0.2, 0.25) is 5.91 Å². The van der Waals surface area contributed by atoms with Crippen LogP contribution in [-0.2, 0) is 9.53 Å². The van der Waals surface area contributed by atoms with E-state index >= 15 is 0 Å². The third-order valence-corrected chi connectivity index (χ3v) is 4.32. The quantitative estimate of drug-likeness (QED) is 0.682. The Balaban J connectivity index is 0.00000392. The van der Waals surface area contributed by atoms with Gasteiger partial charge in [0.05, 0.1) is 38.5 Å². The molecule has 0 aliphatic heterocycles. The van der Waals surface area contributed by atoms with Gasteiger partial charge in [-0.1, -0.05) is 37.3 Å². The van der Waals surface area contributed by atoms with Crippen molar-refractivity contribution in [2.24, 2.45) is 11.7 Å². The number of hydrogen-bond acceptors (Lipinski definition) is 6. The van der Waals surface area contributed by atoms with E-state index in [1.165, 1.54) is 33.5 Å². The minimum absolute atomic E-state index is 0. The van der Waals surface area contributed by atoms with Gasteiger partial charge >= 0.3 is 5.97 Å². The molecule has 0 saturated heterocycles. The van der Waals surface area contributed by atoms with Crippen LogP contribution < -0.4 is 20.5 Å². The second-order valence-electron chi connectivity index (χ2n) is 5.96. The molecule has 2 aromatic rings. The van der Waals surface area contributed by atoms with Gasteiger partial charge in [0.1, 0.15) is 0 Å². The number of ether oxygens (including phenoxy) is 3. The molecule has 0 aliphatic rings. The zero-order valence-electron chi connectivity index (χ0n) is 16.2. The van der Waals surface area contributed by atoms with Crippen LogP contribution in [0.3, 0.4) is 0 Å². The van der Waals surface area contributed by atoms with Gasteiger partial charge in [0, 0.05) is 18.2 Å². The van der Waals surface area contributed by atoms with Crippen LogP contribution in [0, 0.1) is 5.92 Å². The van der Waals surface area contributed by atoms with E-state index in [-0.39, 0.29) is 29.6 Å². The number of hydrogen-bond donors (Lipinski definition) is 2. The molecule has 0 saturated carbocycles. The van der Waals surface area contributed by atoms with Crippen LogP contribution in [-0.4, -0.2) is 33.2 Å². The van der Waals surface area contributed by atoms with E-state index < -0.39 is 17.9 Å². The lowest BCUT2D eigenvalue weighted by Gasteiger charge is -2.21. The SMILES string of the molecule is COC(=O)c1cc(OC)c(OC)cc1NC(=O)C(C)C(N)c1ccccc1.Cl. The van der Waals surface area contributed by atoms with Crippen LogP contribution in [0.15, 0.2) is 42.5 Å². The molecular formula is C20H25ClN2O5. The fourth-order valence-electron chi connectivity index (χ4n) is 2.63. The van der Waals surface area contributed by atoms with E-state index in [1.54, 1.807) is 6.92 Å². The summed E-state index contributed by atoms with van der Waals surface area (Å²) in [6.45, 7) is 1.73. The van der Waals surface area contributed by atoms with Crippen molar-refractivity contribution in [3.8, 4) is 11.5 Å². The fraction of sp³-hybridized carbons (Fsp3) is 0.300. The van der Waals surface area contributed by atoms with Gasteiger partial charge in [0.25, 0.3) is 0 Å². The van der Waals surface area contributed by atoms with Crippen LogP contribution in [0.5, 0.6) is 11.5 Å². The molecule has 7 nitrogen and oxygen atoms in total. The van der Waals surface area contributed by atoms with Crippen molar-refractivity contribution in [1.82, 2.24) is 0 Å². The molecular weight excluding hydrogens is 384 g/mol. The molecule has 28 heavy (non-hydrogen) atoms. The number of nitrogens with one attached hydrogen (secondary N) is 1. The van der Waals surface area contributed by atoms with Gasteiger partial charge in [0.15, 0.2) is 11.5 Å². The highest BCUT2D eigenvalue weighted by atomic mass is 35.5. The second-order valence-corrected chi connectivity index (χ2v) is 5.96. The summed E-state index contributed by atoms with van der Waals surface area (Å²) in [5.74, 6) is -0.744. The highest BCUT2D eigenvalue weighted by Gasteiger charge is 2.25. The fourth-order valence-corrected chi connectivity index (χ4v) is 2.63. The standard InChI is InChI=1S/C20H24N2O5.ClH/c1-12(18(21)13-8-6-5-7-9-13)19(23)22-15-11-17(26-3)16(25-2)10-14(15)20(24)27-4;/h5-12,18H,21H2,1-4H3,(H,22,23);1H. The Morgan fingerprint density at radius 1 is 1.00 bits per heavy atom. The van der Waals surface area contributed by atoms with Crippen LogP contribution in [0.2, 0.25) is 0 Å². The molecule has 1 amide bonds. The Morgan fingerprint density at radius 2 is 1.57 bits per heavy atom. The van der Waals surface area contributed by atoms with Crippen molar-refractivity contribution in [1.29, 1.82) is 0 Å². The first-order valence-electron chi connectivity index (χ1n) is 8.38. The van der Waals surface area contributed by atoms with Crippen molar-refractivity contribution < 1.29 is 23.8 Å². The molecule has 152 valence electrons. The summed E-state index contributed by atoms with van der Waals surface area (Å²) in [4.78, 5) is 24.8. The molecule has 0 spiro atoms. The van der Waals surface area contributed by atoms with Crippen molar-refractivity contribution in [2.75, 3.05) is 26.6 Å². The summed E-state index contributed by atoms with van der Waals surface area (Å²) in [6, 6.07) is 11.8. The van der Waals surface area contributed by atoms with Crippen molar-refractivity contribution in [3.63, 3.8) is 0 Å². The topological polar surface area (TPSA) is 99.9 Å². The Labute approximate surface area is 170 Å². The molecule has 2 rings (SSSR count). The number of anilines is 1. The Morgan fingerprint density at radius 3 is 2.11 bits per heavy atom. The number of carbonyl (C=O) groups is 2. The predicted octanol–water partition coefficient (Wildman–Crippen LogP) is 3.19. The van der Waals surface area contributed by atoms with E-state index in [1.807, 2.05) is 30.3 Å². The molecule has 2 atom stereocenters. The van der Waals surface area contributed by atoms with E-state index in [4.69, 9.17) is 19.9 Å². The van der Waals surface area contributed by atoms with Gasteiger partial charge in [-0.05, 0) is 5.56 Å².